The van der Waals surface area contributed by atoms with Gasteiger partial charge in [-0.2, -0.15) is 0 Å². The maximum atomic E-state index is 4.63. The number of nitrogens with zero attached hydrogens (tertiary/aromatic N) is 2. The molecule has 0 aliphatic rings. The Morgan fingerprint density at radius 3 is 2.94 bits per heavy atom. The monoisotopic (exact) mass is 257 g/mol. The van der Waals surface area contributed by atoms with Crippen LogP contribution in [0.3, 0.4) is 0 Å². The zero-order valence-electron chi connectivity index (χ0n) is 10.5. The number of aromatic nitrogens is 2. The standard InChI is InChI=1S/C14H15N3S/c1-3-10-7-11-12(18-10)6-5-9-8-16-14(15-4-2)17-13(9)11/h5-8H,3-4H2,1-2H3,(H,15,16,17). The van der Waals surface area contributed by atoms with E-state index >= 15 is 0 Å². The Labute approximate surface area is 110 Å². The van der Waals surface area contributed by atoms with Gasteiger partial charge < -0.3 is 5.32 Å². The molecule has 3 rings (SSSR count). The molecule has 0 atom stereocenters. The third-order valence-corrected chi connectivity index (χ3v) is 4.23. The number of rotatable bonds is 3. The molecule has 0 aliphatic carbocycles. The van der Waals surface area contributed by atoms with E-state index in [4.69, 9.17) is 0 Å². The van der Waals surface area contributed by atoms with Crippen molar-refractivity contribution >= 4 is 38.3 Å². The van der Waals surface area contributed by atoms with E-state index in [1.54, 1.807) is 0 Å². The Balaban J connectivity index is 2.28. The Hall–Kier alpha value is -1.68. The fraction of sp³-hybridized carbons (Fsp3) is 0.286. The molecule has 18 heavy (non-hydrogen) atoms. The fourth-order valence-corrected chi connectivity index (χ4v) is 3.08. The summed E-state index contributed by atoms with van der Waals surface area (Å²) in [5, 5.41) is 5.51. The highest BCUT2D eigenvalue weighted by Gasteiger charge is 2.07. The second-order valence-corrected chi connectivity index (χ2v) is 5.37. The molecule has 0 bridgehead atoms. The maximum Gasteiger partial charge on any atom is 0.223 e. The van der Waals surface area contributed by atoms with Crippen molar-refractivity contribution in [2.45, 2.75) is 20.3 Å². The highest BCUT2D eigenvalue weighted by atomic mass is 32.1. The quantitative estimate of drug-likeness (QED) is 0.774. The molecule has 0 saturated heterocycles. The van der Waals surface area contributed by atoms with Gasteiger partial charge in [0.1, 0.15) is 0 Å². The van der Waals surface area contributed by atoms with E-state index < -0.39 is 0 Å². The molecule has 3 aromatic rings. The molecule has 0 aliphatic heterocycles. The molecular weight excluding hydrogens is 242 g/mol. The number of thiophene rings is 1. The minimum atomic E-state index is 0.710. The molecule has 0 amide bonds. The molecule has 0 unspecified atom stereocenters. The third kappa shape index (κ3) is 1.82. The van der Waals surface area contributed by atoms with Crippen LogP contribution < -0.4 is 5.32 Å². The lowest BCUT2D eigenvalue weighted by Gasteiger charge is -2.03. The van der Waals surface area contributed by atoms with Gasteiger partial charge in [0.05, 0.1) is 5.52 Å². The van der Waals surface area contributed by atoms with Crippen molar-refractivity contribution in [2.24, 2.45) is 0 Å². The first kappa shape index (κ1) is 11.4. The SMILES string of the molecule is CCNc1ncc2ccc3sc(CC)cc3c2n1. The van der Waals surface area contributed by atoms with Crippen molar-refractivity contribution in [3.05, 3.63) is 29.3 Å². The van der Waals surface area contributed by atoms with Crippen molar-refractivity contribution < 1.29 is 0 Å². The predicted molar refractivity (Wildman–Crippen MR) is 78.5 cm³/mol. The second kappa shape index (κ2) is 4.53. The van der Waals surface area contributed by atoms with Crippen LogP contribution in [0.15, 0.2) is 24.4 Å². The molecule has 92 valence electrons. The lowest BCUT2D eigenvalue weighted by Crippen LogP contribution is -2.01. The Morgan fingerprint density at radius 1 is 1.28 bits per heavy atom. The van der Waals surface area contributed by atoms with Gasteiger partial charge >= 0.3 is 0 Å². The number of nitrogens with one attached hydrogen (secondary N) is 1. The Morgan fingerprint density at radius 2 is 2.17 bits per heavy atom. The molecule has 0 radical (unpaired) electrons. The van der Waals surface area contributed by atoms with E-state index in [1.165, 1.54) is 15.0 Å². The van der Waals surface area contributed by atoms with Crippen molar-refractivity contribution in [3.8, 4) is 0 Å². The first-order valence-corrected chi connectivity index (χ1v) is 7.05. The highest BCUT2D eigenvalue weighted by molar-refractivity contribution is 7.19. The van der Waals surface area contributed by atoms with Crippen LogP contribution in [-0.4, -0.2) is 16.5 Å². The van der Waals surface area contributed by atoms with Gasteiger partial charge in [-0.25, -0.2) is 9.97 Å². The first-order valence-electron chi connectivity index (χ1n) is 6.24. The number of aryl methyl sites for hydroxylation is 1. The number of hydrogen-bond acceptors (Lipinski definition) is 4. The zero-order valence-corrected chi connectivity index (χ0v) is 11.3. The topological polar surface area (TPSA) is 37.8 Å². The van der Waals surface area contributed by atoms with Gasteiger partial charge in [-0.05, 0) is 31.5 Å². The molecule has 1 N–H and O–H groups in total. The molecule has 0 spiro atoms. The van der Waals surface area contributed by atoms with Crippen molar-refractivity contribution in [1.82, 2.24) is 9.97 Å². The number of fused-ring (bicyclic) bond motifs is 3. The summed E-state index contributed by atoms with van der Waals surface area (Å²) in [6, 6.07) is 6.52. The Kier molecular flexibility index (Phi) is 2.88. The summed E-state index contributed by atoms with van der Waals surface area (Å²) >= 11 is 1.85. The van der Waals surface area contributed by atoms with E-state index in [1.807, 2.05) is 24.5 Å². The molecule has 2 aromatic heterocycles. The lowest BCUT2D eigenvalue weighted by atomic mass is 10.1. The van der Waals surface area contributed by atoms with Crippen molar-refractivity contribution in [1.29, 1.82) is 0 Å². The van der Waals surface area contributed by atoms with Crippen LogP contribution in [0, 0.1) is 0 Å². The maximum absolute atomic E-state index is 4.63. The highest BCUT2D eigenvalue weighted by Crippen LogP contribution is 2.31. The van der Waals surface area contributed by atoms with Gasteiger partial charge in [-0.1, -0.05) is 6.92 Å². The number of hydrogen-bond donors (Lipinski definition) is 1. The van der Waals surface area contributed by atoms with Gasteiger partial charge in [-0.15, -0.1) is 11.3 Å². The average molecular weight is 257 g/mol. The predicted octanol–water partition coefficient (Wildman–Crippen LogP) is 3.84. The van der Waals surface area contributed by atoms with Gasteiger partial charge in [0.2, 0.25) is 5.95 Å². The summed E-state index contributed by atoms with van der Waals surface area (Å²) < 4.78 is 1.31. The van der Waals surface area contributed by atoms with E-state index in [0.29, 0.717) is 5.95 Å². The molecule has 0 fully saturated rings. The number of anilines is 1. The van der Waals surface area contributed by atoms with Crippen LogP contribution in [0.2, 0.25) is 0 Å². The van der Waals surface area contributed by atoms with E-state index in [0.717, 1.165) is 23.9 Å². The molecule has 0 saturated carbocycles. The summed E-state index contributed by atoms with van der Waals surface area (Å²) in [6.45, 7) is 5.07. The summed E-state index contributed by atoms with van der Waals surface area (Å²) in [4.78, 5) is 10.3. The largest absolute Gasteiger partial charge is 0.354 e. The Bertz CT molecular complexity index is 703. The minimum absolute atomic E-state index is 0.710. The van der Waals surface area contributed by atoms with Crippen LogP contribution in [0.25, 0.3) is 21.0 Å². The van der Waals surface area contributed by atoms with Crippen LogP contribution in [0.5, 0.6) is 0 Å². The molecule has 4 heteroatoms. The van der Waals surface area contributed by atoms with Crippen molar-refractivity contribution in [3.63, 3.8) is 0 Å². The minimum Gasteiger partial charge on any atom is -0.354 e. The zero-order chi connectivity index (χ0) is 12.5. The van der Waals surface area contributed by atoms with E-state index in [2.05, 4.69) is 40.4 Å². The smallest absolute Gasteiger partial charge is 0.223 e. The van der Waals surface area contributed by atoms with Gasteiger partial charge in [0, 0.05) is 33.1 Å². The van der Waals surface area contributed by atoms with Crippen LogP contribution in [-0.2, 0) is 6.42 Å². The van der Waals surface area contributed by atoms with E-state index in [-0.39, 0.29) is 0 Å². The van der Waals surface area contributed by atoms with Gasteiger partial charge in [-0.3, -0.25) is 0 Å². The average Bonchev–Trinajstić information content (AvgIpc) is 2.82. The summed E-state index contributed by atoms with van der Waals surface area (Å²) in [6.07, 6.45) is 2.97. The third-order valence-electron chi connectivity index (χ3n) is 2.98. The lowest BCUT2D eigenvalue weighted by molar-refractivity contribution is 1.11. The first-order chi connectivity index (χ1) is 8.81. The van der Waals surface area contributed by atoms with Crippen LogP contribution in [0.4, 0.5) is 5.95 Å². The summed E-state index contributed by atoms with van der Waals surface area (Å²) in [5.74, 6) is 0.710. The molecule has 1 aromatic carbocycles. The molecule has 2 heterocycles. The molecule has 3 nitrogen and oxygen atoms in total. The van der Waals surface area contributed by atoms with E-state index in [9.17, 15) is 0 Å². The van der Waals surface area contributed by atoms with Crippen LogP contribution >= 0.6 is 11.3 Å². The summed E-state index contributed by atoms with van der Waals surface area (Å²) in [5.41, 5.74) is 1.05. The van der Waals surface area contributed by atoms with Gasteiger partial charge in [0.15, 0.2) is 0 Å². The van der Waals surface area contributed by atoms with Crippen molar-refractivity contribution in [2.75, 3.05) is 11.9 Å². The number of benzene rings is 1. The van der Waals surface area contributed by atoms with Gasteiger partial charge in [0.25, 0.3) is 0 Å². The second-order valence-electron chi connectivity index (χ2n) is 4.21. The molecular formula is C14H15N3S. The normalized spacial score (nSPS) is 11.2. The summed E-state index contributed by atoms with van der Waals surface area (Å²) in [7, 11) is 0. The fourth-order valence-electron chi connectivity index (χ4n) is 2.08. The van der Waals surface area contributed by atoms with Crippen LogP contribution in [0.1, 0.15) is 18.7 Å².